The first-order valence-electron chi connectivity index (χ1n) is 5.15. The van der Waals surface area contributed by atoms with E-state index >= 15 is 0 Å². The average molecular weight is 208 g/mol. The highest BCUT2D eigenvalue weighted by Gasteiger charge is 2.49. The minimum absolute atomic E-state index is 0.298. The van der Waals surface area contributed by atoms with Crippen LogP contribution in [0.25, 0.3) is 0 Å². The van der Waals surface area contributed by atoms with E-state index in [0.29, 0.717) is 17.1 Å². The fourth-order valence-corrected chi connectivity index (χ4v) is 2.60. The predicted molar refractivity (Wildman–Crippen MR) is 59.5 cm³/mol. The second-order valence-corrected chi connectivity index (χ2v) is 5.82. The number of hydrogen-bond acceptors (Lipinski definition) is 2. The molecule has 0 saturated heterocycles. The Bertz CT molecular complexity index is 324. The summed E-state index contributed by atoms with van der Waals surface area (Å²) in [5.41, 5.74) is 0.298. The fraction of sp³-hybridized carbons (Fsp3) is 0.583. The van der Waals surface area contributed by atoms with E-state index in [1.54, 1.807) is 11.3 Å². The summed E-state index contributed by atoms with van der Waals surface area (Å²) < 4.78 is 0. The van der Waals surface area contributed by atoms with Crippen LogP contribution in [0.1, 0.15) is 31.6 Å². The number of hydrogen-bond donors (Lipinski definition) is 0. The number of ketones is 1. The zero-order valence-electron chi connectivity index (χ0n) is 8.75. The maximum absolute atomic E-state index is 11.7. The first-order valence-corrected chi connectivity index (χ1v) is 6.03. The molecule has 0 bridgehead atoms. The molecule has 0 aromatic carbocycles. The van der Waals surface area contributed by atoms with E-state index in [4.69, 9.17) is 0 Å². The molecule has 1 aromatic heterocycles. The van der Waals surface area contributed by atoms with Crippen molar-refractivity contribution in [2.45, 2.75) is 33.1 Å². The van der Waals surface area contributed by atoms with Gasteiger partial charge in [-0.1, -0.05) is 19.9 Å². The molecular formula is C12H16OS. The van der Waals surface area contributed by atoms with E-state index in [1.807, 2.05) is 6.07 Å². The Labute approximate surface area is 89.1 Å². The fourth-order valence-electron chi connectivity index (χ4n) is 1.89. The second-order valence-electron chi connectivity index (χ2n) is 4.79. The van der Waals surface area contributed by atoms with Gasteiger partial charge in [0, 0.05) is 17.2 Å². The molecule has 0 radical (unpaired) electrons. The smallest absolute Gasteiger partial charge is 0.136 e. The molecule has 0 amide bonds. The molecule has 2 rings (SSSR count). The Morgan fingerprint density at radius 2 is 2.36 bits per heavy atom. The van der Waals surface area contributed by atoms with Crippen molar-refractivity contribution in [3.8, 4) is 0 Å². The van der Waals surface area contributed by atoms with Crippen molar-refractivity contribution in [3.05, 3.63) is 22.4 Å². The number of carbonyl (C=O) groups excluding carboxylic acids is 1. The Morgan fingerprint density at radius 3 is 2.86 bits per heavy atom. The summed E-state index contributed by atoms with van der Waals surface area (Å²) in [6.07, 6.45) is 2.76. The summed E-state index contributed by atoms with van der Waals surface area (Å²) in [4.78, 5) is 13.1. The van der Waals surface area contributed by atoms with Crippen LogP contribution in [0.4, 0.5) is 0 Å². The molecule has 14 heavy (non-hydrogen) atoms. The van der Waals surface area contributed by atoms with E-state index in [1.165, 1.54) is 4.88 Å². The van der Waals surface area contributed by atoms with Crippen molar-refractivity contribution < 1.29 is 4.79 Å². The molecule has 1 atom stereocenters. The minimum atomic E-state index is 0.298. The van der Waals surface area contributed by atoms with E-state index in [9.17, 15) is 4.79 Å². The lowest BCUT2D eigenvalue weighted by Crippen LogP contribution is -2.06. The summed E-state index contributed by atoms with van der Waals surface area (Å²) >= 11 is 1.74. The minimum Gasteiger partial charge on any atom is -0.299 e. The highest BCUT2D eigenvalue weighted by molar-refractivity contribution is 7.09. The lowest BCUT2D eigenvalue weighted by atomic mass is 10.0. The highest BCUT2D eigenvalue weighted by atomic mass is 32.1. The van der Waals surface area contributed by atoms with E-state index in [2.05, 4.69) is 25.3 Å². The molecule has 2 heteroatoms. The van der Waals surface area contributed by atoms with Crippen molar-refractivity contribution in [1.29, 1.82) is 0 Å². The van der Waals surface area contributed by atoms with E-state index in [-0.39, 0.29) is 0 Å². The molecule has 1 aliphatic rings. The zero-order chi connectivity index (χ0) is 10.2. The summed E-state index contributed by atoms with van der Waals surface area (Å²) in [6.45, 7) is 4.36. The van der Waals surface area contributed by atoms with Gasteiger partial charge in [-0.05, 0) is 29.7 Å². The monoisotopic (exact) mass is 208 g/mol. The topological polar surface area (TPSA) is 17.1 Å². The van der Waals surface area contributed by atoms with Gasteiger partial charge in [-0.15, -0.1) is 11.3 Å². The SMILES string of the molecule is CC1(C)CC1C(=O)CCc1cccs1. The average Bonchev–Trinajstić information content (AvgIpc) is 2.61. The summed E-state index contributed by atoms with van der Waals surface area (Å²) in [5.74, 6) is 0.811. The maximum Gasteiger partial charge on any atom is 0.136 e. The van der Waals surface area contributed by atoms with Crippen LogP contribution >= 0.6 is 11.3 Å². The number of aryl methyl sites for hydroxylation is 1. The van der Waals surface area contributed by atoms with Gasteiger partial charge in [-0.25, -0.2) is 0 Å². The zero-order valence-corrected chi connectivity index (χ0v) is 9.56. The van der Waals surface area contributed by atoms with Gasteiger partial charge in [0.1, 0.15) is 5.78 Å². The number of Topliss-reactive ketones (excluding diaryl/α,β-unsaturated/α-hetero) is 1. The lowest BCUT2D eigenvalue weighted by Gasteiger charge is -2.01. The third-order valence-electron chi connectivity index (χ3n) is 3.10. The lowest BCUT2D eigenvalue weighted by molar-refractivity contribution is -0.120. The first kappa shape index (κ1) is 9.91. The van der Waals surface area contributed by atoms with Crippen molar-refractivity contribution in [1.82, 2.24) is 0 Å². The van der Waals surface area contributed by atoms with Crippen LogP contribution in [0.3, 0.4) is 0 Å². The third kappa shape index (κ3) is 2.06. The van der Waals surface area contributed by atoms with Crippen LogP contribution in [-0.2, 0) is 11.2 Å². The molecule has 0 aliphatic heterocycles. The van der Waals surface area contributed by atoms with Crippen molar-refractivity contribution in [2.75, 3.05) is 0 Å². The van der Waals surface area contributed by atoms with Crippen LogP contribution in [0.15, 0.2) is 17.5 Å². The maximum atomic E-state index is 11.7. The first-order chi connectivity index (χ1) is 6.59. The quantitative estimate of drug-likeness (QED) is 0.742. The Morgan fingerprint density at radius 1 is 1.64 bits per heavy atom. The Balaban J connectivity index is 1.80. The van der Waals surface area contributed by atoms with Crippen molar-refractivity contribution in [2.24, 2.45) is 11.3 Å². The van der Waals surface area contributed by atoms with Gasteiger partial charge in [0.05, 0.1) is 0 Å². The van der Waals surface area contributed by atoms with Gasteiger partial charge in [-0.3, -0.25) is 4.79 Å². The molecular weight excluding hydrogens is 192 g/mol. The van der Waals surface area contributed by atoms with Crippen LogP contribution in [0.2, 0.25) is 0 Å². The largest absolute Gasteiger partial charge is 0.299 e. The van der Waals surface area contributed by atoms with Crippen LogP contribution < -0.4 is 0 Å². The summed E-state index contributed by atoms with van der Waals surface area (Å²) in [6, 6.07) is 4.15. The van der Waals surface area contributed by atoms with Gasteiger partial charge >= 0.3 is 0 Å². The normalized spacial score (nSPS) is 23.4. The molecule has 1 unspecified atom stereocenters. The predicted octanol–water partition coefficient (Wildman–Crippen LogP) is 3.30. The number of carbonyl (C=O) groups is 1. The Hall–Kier alpha value is -0.630. The standard InChI is InChI=1S/C12H16OS/c1-12(2)8-10(12)11(13)6-5-9-4-3-7-14-9/h3-4,7,10H,5-6,8H2,1-2H3. The molecule has 0 N–H and O–H groups in total. The highest BCUT2D eigenvalue weighted by Crippen LogP contribution is 2.52. The summed E-state index contributed by atoms with van der Waals surface area (Å²) in [7, 11) is 0. The van der Waals surface area contributed by atoms with Gasteiger partial charge in [0.25, 0.3) is 0 Å². The molecule has 1 nitrogen and oxygen atoms in total. The number of rotatable bonds is 4. The van der Waals surface area contributed by atoms with Crippen LogP contribution in [0.5, 0.6) is 0 Å². The molecule has 1 aliphatic carbocycles. The number of thiophene rings is 1. The summed E-state index contributed by atoms with van der Waals surface area (Å²) in [5, 5.41) is 2.07. The van der Waals surface area contributed by atoms with E-state index in [0.717, 1.165) is 19.3 Å². The third-order valence-corrected chi connectivity index (χ3v) is 4.04. The van der Waals surface area contributed by atoms with Crippen LogP contribution in [0, 0.1) is 11.3 Å². The molecule has 1 heterocycles. The van der Waals surface area contributed by atoms with Gasteiger partial charge in [0.15, 0.2) is 0 Å². The van der Waals surface area contributed by atoms with Crippen LogP contribution in [-0.4, -0.2) is 5.78 Å². The Kier molecular flexibility index (Phi) is 2.48. The van der Waals surface area contributed by atoms with E-state index < -0.39 is 0 Å². The van der Waals surface area contributed by atoms with Gasteiger partial charge < -0.3 is 0 Å². The molecule has 1 aromatic rings. The molecule has 0 spiro atoms. The molecule has 1 fully saturated rings. The second kappa shape index (κ2) is 3.50. The van der Waals surface area contributed by atoms with Gasteiger partial charge in [0.2, 0.25) is 0 Å². The molecule has 76 valence electrons. The van der Waals surface area contributed by atoms with Gasteiger partial charge in [-0.2, -0.15) is 0 Å². The molecule has 1 saturated carbocycles. The van der Waals surface area contributed by atoms with Crippen molar-refractivity contribution in [3.63, 3.8) is 0 Å². The van der Waals surface area contributed by atoms with Crippen molar-refractivity contribution >= 4 is 17.1 Å².